The van der Waals surface area contributed by atoms with E-state index in [0.29, 0.717) is 9.75 Å². The van der Waals surface area contributed by atoms with E-state index in [-0.39, 0.29) is 5.56 Å². The van der Waals surface area contributed by atoms with E-state index in [9.17, 15) is 33.1 Å². The van der Waals surface area contributed by atoms with Crippen molar-refractivity contribution in [1.29, 1.82) is 0 Å². The second-order valence-electron chi connectivity index (χ2n) is 6.69. The van der Waals surface area contributed by atoms with Gasteiger partial charge in [0.1, 0.15) is 11.6 Å². The Balaban J connectivity index is 1.78. The molecule has 1 aliphatic heterocycles. The summed E-state index contributed by atoms with van der Waals surface area (Å²) in [5.41, 5.74) is 0.129. The molecule has 2 heterocycles. The fraction of sp³-hybridized carbons (Fsp3) is 0.200. The molecule has 0 bridgehead atoms. The van der Waals surface area contributed by atoms with E-state index in [4.69, 9.17) is 0 Å². The van der Waals surface area contributed by atoms with Crippen molar-refractivity contribution < 1.29 is 33.1 Å². The maximum atomic E-state index is 14.1. The quantitative estimate of drug-likeness (QED) is 0.586. The summed E-state index contributed by atoms with van der Waals surface area (Å²) in [6.07, 6.45) is 1.92. The Kier molecular flexibility index (Phi) is 6.44. The molecule has 8 nitrogen and oxygen atoms in total. The minimum Gasteiger partial charge on any atom is -0.481 e. The second-order valence-corrected chi connectivity index (χ2v) is 7.81. The molecule has 0 saturated carbocycles. The highest BCUT2D eigenvalue weighted by atomic mass is 32.1. The van der Waals surface area contributed by atoms with Gasteiger partial charge < -0.3 is 20.6 Å². The molecule has 0 spiro atoms. The summed E-state index contributed by atoms with van der Waals surface area (Å²) in [7, 11) is 1.42. The van der Waals surface area contributed by atoms with E-state index in [0.717, 1.165) is 34.4 Å². The van der Waals surface area contributed by atoms with Crippen LogP contribution in [0.25, 0.3) is 10.4 Å². The summed E-state index contributed by atoms with van der Waals surface area (Å²) in [6.45, 7) is 0. The smallest absolute Gasteiger partial charge is 0.316 e. The lowest BCUT2D eigenvalue weighted by Crippen LogP contribution is -2.55. The Labute approximate surface area is 179 Å². The largest absolute Gasteiger partial charge is 0.481 e. The number of benzene rings is 1. The summed E-state index contributed by atoms with van der Waals surface area (Å²) in [6, 6.07) is 2.79. The highest BCUT2D eigenvalue weighted by Crippen LogP contribution is 2.34. The zero-order valence-corrected chi connectivity index (χ0v) is 16.9. The molecule has 0 radical (unpaired) electrons. The van der Waals surface area contributed by atoms with Crippen molar-refractivity contribution in [3.05, 3.63) is 59.1 Å². The normalized spacial score (nSPS) is 16.9. The topological polar surface area (TPSA) is 116 Å². The Bertz CT molecular complexity index is 1080. The predicted molar refractivity (Wildman–Crippen MR) is 107 cm³/mol. The van der Waals surface area contributed by atoms with Crippen LogP contribution in [0.2, 0.25) is 0 Å². The van der Waals surface area contributed by atoms with Gasteiger partial charge in [0.15, 0.2) is 11.8 Å². The number of carboxylic acid groups (broad SMARTS) is 1. The maximum Gasteiger partial charge on any atom is 0.316 e. The highest BCUT2D eigenvalue weighted by molar-refractivity contribution is 7.15. The van der Waals surface area contributed by atoms with Crippen LogP contribution in [0, 0.1) is 11.6 Å². The van der Waals surface area contributed by atoms with Gasteiger partial charge in [-0.25, -0.2) is 13.6 Å². The first-order valence-electron chi connectivity index (χ1n) is 8.98. The summed E-state index contributed by atoms with van der Waals surface area (Å²) in [4.78, 5) is 49.6. The van der Waals surface area contributed by atoms with Gasteiger partial charge in [0, 0.05) is 40.7 Å². The third-order valence-corrected chi connectivity index (χ3v) is 5.70. The van der Waals surface area contributed by atoms with Crippen molar-refractivity contribution in [2.24, 2.45) is 0 Å². The summed E-state index contributed by atoms with van der Waals surface area (Å²) in [5.74, 6) is -3.96. The van der Waals surface area contributed by atoms with Crippen molar-refractivity contribution >= 4 is 35.0 Å². The molecule has 162 valence electrons. The Hall–Kier alpha value is -3.60. The molecule has 3 amide bonds. The minimum atomic E-state index is -1.42. The molecule has 2 unspecified atom stereocenters. The number of carbonyl (C=O) groups excluding carboxylic acids is 3. The van der Waals surface area contributed by atoms with E-state index in [2.05, 4.69) is 10.6 Å². The first kappa shape index (κ1) is 22.1. The van der Waals surface area contributed by atoms with Crippen LogP contribution < -0.4 is 10.6 Å². The maximum absolute atomic E-state index is 14.1. The highest BCUT2D eigenvalue weighted by Gasteiger charge is 2.32. The fourth-order valence-electron chi connectivity index (χ4n) is 2.92. The molecule has 11 heteroatoms. The van der Waals surface area contributed by atoms with Crippen LogP contribution in [0.5, 0.6) is 0 Å². The number of carbonyl (C=O) groups is 4. The number of nitrogens with one attached hydrogen (secondary N) is 2. The zero-order valence-electron chi connectivity index (χ0n) is 16.1. The van der Waals surface area contributed by atoms with Gasteiger partial charge in [-0.3, -0.25) is 14.4 Å². The number of hydrogen-bond acceptors (Lipinski definition) is 5. The third kappa shape index (κ3) is 5.12. The molecule has 3 rings (SSSR count). The van der Waals surface area contributed by atoms with Crippen LogP contribution in [0.15, 0.2) is 42.6 Å². The zero-order chi connectivity index (χ0) is 22.7. The van der Waals surface area contributed by atoms with Crippen LogP contribution in [0.4, 0.5) is 13.6 Å². The van der Waals surface area contributed by atoms with Gasteiger partial charge in [-0.05, 0) is 24.3 Å². The van der Waals surface area contributed by atoms with Gasteiger partial charge >= 0.3 is 12.0 Å². The number of aliphatic carboxylic acids is 1. The standard InChI is InChI=1S/C20H17F2N3O5S/c1-25-7-6-14(26)18(19(25)29)24-20(30)23-13(9-17(27)28)16-5-4-15(31-16)11-3-2-10(21)8-12(11)22/h2-8,13,18H,9H2,1H3,(H,27,28)(H2,23,24,30). The first-order valence-corrected chi connectivity index (χ1v) is 9.80. The molecule has 1 aromatic carbocycles. The number of thiophene rings is 1. The molecule has 2 atom stereocenters. The number of hydrogen-bond donors (Lipinski definition) is 3. The number of urea groups is 1. The lowest BCUT2D eigenvalue weighted by Gasteiger charge is -2.25. The molecule has 2 aromatic rings. The van der Waals surface area contributed by atoms with E-state index < -0.39 is 53.8 Å². The van der Waals surface area contributed by atoms with Gasteiger partial charge in [0.25, 0.3) is 5.91 Å². The number of carboxylic acids is 1. The molecule has 0 fully saturated rings. The Morgan fingerprint density at radius 1 is 1.23 bits per heavy atom. The molecule has 0 aliphatic carbocycles. The average Bonchev–Trinajstić information content (AvgIpc) is 3.17. The van der Waals surface area contributed by atoms with E-state index in [1.54, 1.807) is 0 Å². The monoisotopic (exact) mass is 449 g/mol. The summed E-state index contributed by atoms with van der Waals surface area (Å²) in [5, 5.41) is 13.9. The van der Waals surface area contributed by atoms with Crippen molar-refractivity contribution in [1.82, 2.24) is 15.5 Å². The Morgan fingerprint density at radius 3 is 2.65 bits per heavy atom. The van der Waals surface area contributed by atoms with Crippen LogP contribution >= 0.6 is 11.3 Å². The van der Waals surface area contributed by atoms with Crippen LogP contribution in [-0.4, -0.2) is 46.8 Å². The van der Waals surface area contributed by atoms with Crippen molar-refractivity contribution in [3.8, 4) is 10.4 Å². The number of nitrogens with zero attached hydrogens (tertiary/aromatic N) is 1. The number of amides is 3. The lowest BCUT2D eigenvalue weighted by atomic mass is 10.1. The van der Waals surface area contributed by atoms with Crippen LogP contribution in [-0.2, 0) is 14.4 Å². The third-order valence-electron chi connectivity index (χ3n) is 4.47. The van der Waals surface area contributed by atoms with Crippen molar-refractivity contribution in [2.75, 3.05) is 7.05 Å². The molecule has 1 aromatic heterocycles. The first-order chi connectivity index (χ1) is 14.7. The SMILES string of the molecule is CN1C=CC(=O)C(NC(=O)NC(CC(=O)O)c2ccc(-c3ccc(F)cc3F)s2)C1=O. The summed E-state index contributed by atoms with van der Waals surface area (Å²) < 4.78 is 27.2. The Morgan fingerprint density at radius 2 is 1.97 bits per heavy atom. The number of likely N-dealkylation sites (N-methyl/N-ethyl adjacent to an activating group) is 1. The number of ketones is 1. The van der Waals surface area contributed by atoms with E-state index in [1.165, 1.54) is 31.4 Å². The fourth-order valence-corrected chi connectivity index (χ4v) is 4.00. The molecule has 0 saturated heterocycles. The van der Waals surface area contributed by atoms with Crippen molar-refractivity contribution in [3.63, 3.8) is 0 Å². The predicted octanol–water partition coefficient (Wildman–Crippen LogP) is 2.43. The van der Waals surface area contributed by atoms with Crippen LogP contribution in [0.1, 0.15) is 17.3 Å². The summed E-state index contributed by atoms with van der Waals surface area (Å²) >= 11 is 1.02. The molecule has 31 heavy (non-hydrogen) atoms. The van der Waals surface area contributed by atoms with Gasteiger partial charge in [-0.2, -0.15) is 0 Å². The van der Waals surface area contributed by atoms with Gasteiger partial charge in [-0.15, -0.1) is 11.3 Å². The molecular weight excluding hydrogens is 432 g/mol. The number of halogens is 2. The second kappa shape index (κ2) is 9.04. The molecule has 1 aliphatic rings. The van der Waals surface area contributed by atoms with Gasteiger partial charge in [0.2, 0.25) is 0 Å². The van der Waals surface area contributed by atoms with E-state index in [1.807, 2.05) is 0 Å². The lowest BCUT2D eigenvalue weighted by molar-refractivity contribution is -0.138. The van der Waals surface area contributed by atoms with Crippen LogP contribution in [0.3, 0.4) is 0 Å². The minimum absolute atomic E-state index is 0.129. The van der Waals surface area contributed by atoms with Crippen molar-refractivity contribution in [2.45, 2.75) is 18.5 Å². The van der Waals surface area contributed by atoms with E-state index >= 15 is 0 Å². The average molecular weight is 449 g/mol. The van der Waals surface area contributed by atoms with Gasteiger partial charge in [0.05, 0.1) is 12.5 Å². The molecular formula is C20H17F2N3O5S. The van der Waals surface area contributed by atoms with Gasteiger partial charge in [-0.1, -0.05) is 0 Å². The molecule has 3 N–H and O–H groups in total. The number of rotatable bonds is 6.